The summed E-state index contributed by atoms with van der Waals surface area (Å²) in [5.41, 5.74) is 7.28. The SMILES string of the molecule is C=Cc1cc(C)c(CCCC)c(CC)c1C.O=CCP. The average molecular weight is 292 g/mol. The zero-order valence-electron chi connectivity index (χ0n) is 13.5. The van der Waals surface area contributed by atoms with Crippen molar-refractivity contribution in [3.05, 3.63) is 40.5 Å². The summed E-state index contributed by atoms with van der Waals surface area (Å²) in [7, 11) is 2.29. The van der Waals surface area contributed by atoms with Gasteiger partial charge in [0.1, 0.15) is 6.29 Å². The fourth-order valence-electron chi connectivity index (χ4n) is 2.46. The van der Waals surface area contributed by atoms with Crippen LogP contribution in [-0.2, 0) is 17.6 Å². The van der Waals surface area contributed by atoms with Crippen molar-refractivity contribution in [3.63, 3.8) is 0 Å². The normalized spacial score (nSPS) is 9.65. The van der Waals surface area contributed by atoms with Gasteiger partial charge in [0.25, 0.3) is 0 Å². The molecule has 2 heteroatoms. The standard InChI is InChI=1S/C16H24.C2H5OP/c1-6-9-10-16-12(4)11-14(7-2)13(5)15(16)8-3;3-1-2-4/h7,11H,2,6,8-10H2,1,3-5H3;1H,2,4H2. The number of aryl methyl sites for hydroxylation is 1. The third-order valence-electron chi connectivity index (χ3n) is 3.55. The number of benzene rings is 1. The molecule has 0 heterocycles. The maximum atomic E-state index is 9.15. The summed E-state index contributed by atoms with van der Waals surface area (Å²) in [4.78, 5) is 9.15. The molecule has 0 saturated carbocycles. The first-order valence-corrected chi connectivity index (χ1v) is 8.26. The molecular weight excluding hydrogens is 263 g/mol. The lowest BCUT2D eigenvalue weighted by atomic mass is 9.89. The second-order valence-corrected chi connectivity index (χ2v) is 5.40. The van der Waals surface area contributed by atoms with Crippen LogP contribution in [0, 0.1) is 13.8 Å². The van der Waals surface area contributed by atoms with Gasteiger partial charge in [-0.15, -0.1) is 9.24 Å². The lowest BCUT2D eigenvalue weighted by Crippen LogP contribution is -2.02. The van der Waals surface area contributed by atoms with Crippen molar-refractivity contribution in [2.75, 3.05) is 6.16 Å². The highest BCUT2D eigenvalue weighted by Gasteiger charge is 2.10. The molecule has 1 nitrogen and oxygen atoms in total. The van der Waals surface area contributed by atoms with Gasteiger partial charge in [0.2, 0.25) is 0 Å². The van der Waals surface area contributed by atoms with Gasteiger partial charge in [-0.05, 0) is 60.9 Å². The molecule has 20 heavy (non-hydrogen) atoms. The Hall–Kier alpha value is -0.940. The van der Waals surface area contributed by atoms with E-state index in [4.69, 9.17) is 4.79 Å². The predicted molar refractivity (Wildman–Crippen MR) is 94.6 cm³/mol. The van der Waals surface area contributed by atoms with Gasteiger partial charge < -0.3 is 4.79 Å². The number of hydrogen-bond donors (Lipinski definition) is 0. The summed E-state index contributed by atoms with van der Waals surface area (Å²) in [6, 6.07) is 2.28. The quantitative estimate of drug-likeness (QED) is 0.537. The van der Waals surface area contributed by atoms with E-state index in [9.17, 15) is 0 Å². The Morgan fingerprint density at radius 1 is 1.25 bits per heavy atom. The first kappa shape index (κ1) is 19.1. The van der Waals surface area contributed by atoms with Crippen LogP contribution in [0.15, 0.2) is 12.6 Å². The van der Waals surface area contributed by atoms with Gasteiger partial charge in [-0.3, -0.25) is 0 Å². The van der Waals surface area contributed by atoms with Crippen LogP contribution in [0.25, 0.3) is 6.08 Å². The smallest absolute Gasteiger partial charge is 0.123 e. The summed E-state index contributed by atoms with van der Waals surface area (Å²) in [6.45, 7) is 12.9. The van der Waals surface area contributed by atoms with E-state index in [0.717, 1.165) is 12.7 Å². The van der Waals surface area contributed by atoms with E-state index < -0.39 is 0 Å². The molecule has 1 aromatic carbocycles. The van der Waals surface area contributed by atoms with E-state index in [-0.39, 0.29) is 0 Å². The summed E-state index contributed by atoms with van der Waals surface area (Å²) in [6.07, 6.45) is 8.29. The zero-order chi connectivity index (χ0) is 15.5. The Bertz CT molecular complexity index is 436. The van der Waals surface area contributed by atoms with Gasteiger partial charge in [0.15, 0.2) is 0 Å². The van der Waals surface area contributed by atoms with Gasteiger partial charge in [-0.2, -0.15) is 0 Å². The summed E-state index contributed by atoms with van der Waals surface area (Å²) in [5, 5.41) is 0. The van der Waals surface area contributed by atoms with E-state index in [2.05, 4.69) is 49.6 Å². The van der Waals surface area contributed by atoms with Crippen molar-refractivity contribution in [2.45, 2.75) is 53.4 Å². The fourth-order valence-corrected chi connectivity index (χ4v) is 2.46. The second kappa shape index (κ2) is 10.8. The minimum absolute atomic E-state index is 0.556. The molecule has 112 valence electrons. The molecule has 0 amide bonds. The number of unbranched alkanes of at least 4 members (excludes halogenated alkanes) is 1. The topological polar surface area (TPSA) is 17.1 Å². The summed E-state index contributed by atoms with van der Waals surface area (Å²) >= 11 is 0. The van der Waals surface area contributed by atoms with Crippen LogP contribution < -0.4 is 0 Å². The predicted octanol–water partition coefficient (Wildman–Crippen LogP) is 4.91. The van der Waals surface area contributed by atoms with Gasteiger partial charge in [0.05, 0.1) is 0 Å². The third kappa shape index (κ3) is 5.59. The number of rotatable bonds is 6. The second-order valence-electron chi connectivity index (χ2n) is 4.93. The lowest BCUT2D eigenvalue weighted by molar-refractivity contribution is -0.105. The monoisotopic (exact) mass is 292 g/mol. The highest BCUT2D eigenvalue weighted by molar-refractivity contribution is 7.17. The Balaban J connectivity index is 0.000000796. The summed E-state index contributed by atoms with van der Waals surface area (Å²) in [5.74, 6) is 0. The van der Waals surface area contributed by atoms with Crippen LogP contribution in [-0.4, -0.2) is 12.4 Å². The van der Waals surface area contributed by atoms with Crippen molar-refractivity contribution in [2.24, 2.45) is 0 Å². The molecule has 1 unspecified atom stereocenters. The molecule has 0 radical (unpaired) electrons. The number of carbonyl (C=O) groups is 1. The van der Waals surface area contributed by atoms with E-state index in [1.165, 1.54) is 36.0 Å². The van der Waals surface area contributed by atoms with Gasteiger partial charge in [-0.25, -0.2) is 0 Å². The Kier molecular flexibility index (Phi) is 10.3. The molecule has 1 rings (SSSR count). The van der Waals surface area contributed by atoms with Gasteiger partial charge in [-0.1, -0.05) is 39.0 Å². The maximum Gasteiger partial charge on any atom is 0.123 e. The first-order chi connectivity index (χ1) is 9.56. The van der Waals surface area contributed by atoms with E-state index >= 15 is 0 Å². The fraction of sp³-hybridized carbons (Fsp3) is 0.500. The molecule has 0 aliphatic heterocycles. The largest absolute Gasteiger partial charge is 0.303 e. The molecule has 0 bridgehead atoms. The Morgan fingerprint density at radius 3 is 2.25 bits per heavy atom. The summed E-state index contributed by atoms with van der Waals surface area (Å²) < 4.78 is 0. The van der Waals surface area contributed by atoms with E-state index in [1.54, 1.807) is 11.1 Å². The third-order valence-corrected chi connectivity index (χ3v) is 3.74. The molecule has 0 saturated heterocycles. The highest BCUT2D eigenvalue weighted by atomic mass is 31.0. The molecule has 0 aliphatic carbocycles. The minimum atomic E-state index is 0.556. The maximum absolute atomic E-state index is 9.15. The molecule has 0 N–H and O–H groups in total. The van der Waals surface area contributed by atoms with Gasteiger partial charge >= 0.3 is 0 Å². The van der Waals surface area contributed by atoms with Crippen LogP contribution in [0.4, 0.5) is 0 Å². The number of aldehydes is 1. The molecule has 0 spiro atoms. The molecule has 0 aliphatic rings. The van der Waals surface area contributed by atoms with Crippen LogP contribution in [0.1, 0.15) is 54.5 Å². The molecule has 0 aromatic heterocycles. The molecule has 1 aromatic rings. The van der Waals surface area contributed by atoms with Crippen LogP contribution in [0.3, 0.4) is 0 Å². The average Bonchev–Trinajstić information content (AvgIpc) is 2.47. The Labute approximate surface area is 127 Å². The minimum Gasteiger partial charge on any atom is -0.303 e. The zero-order valence-corrected chi connectivity index (χ0v) is 14.6. The number of carbonyl (C=O) groups excluding carboxylic acids is 1. The van der Waals surface area contributed by atoms with Crippen molar-refractivity contribution < 1.29 is 4.79 Å². The molecule has 0 fully saturated rings. The van der Waals surface area contributed by atoms with Crippen molar-refractivity contribution >= 4 is 21.6 Å². The van der Waals surface area contributed by atoms with Gasteiger partial charge in [0, 0.05) is 6.16 Å². The van der Waals surface area contributed by atoms with E-state index in [1.807, 2.05) is 6.08 Å². The van der Waals surface area contributed by atoms with Crippen LogP contribution in [0.5, 0.6) is 0 Å². The van der Waals surface area contributed by atoms with Crippen LogP contribution >= 0.6 is 9.24 Å². The Morgan fingerprint density at radius 2 is 1.85 bits per heavy atom. The first-order valence-electron chi connectivity index (χ1n) is 7.45. The van der Waals surface area contributed by atoms with Crippen molar-refractivity contribution in [1.82, 2.24) is 0 Å². The molecule has 1 atom stereocenters. The highest BCUT2D eigenvalue weighted by Crippen LogP contribution is 2.25. The van der Waals surface area contributed by atoms with Crippen molar-refractivity contribution in [3.8, 4) is 0 Å². The van der Waals surface area contributed by atoms with Crippen LogP contribution in [0.2, 0.25) is 0 Å². The lowest BCUT2D eigenvalue weighted by Gasteiger charge is -2.17. The number of hydrogen-bond acceptors (Lipinski definition) is 1. The molecular formula is C18H29OP. The van der Waals surface area contributed by atoms with Crippen molar-refractivity contribution in [1.29, 1.82) is 0 Å². The van der Waals surface area contributed by atoms with E-state index in [0.29, 0.717) is 6.16 Å².